The number of unbranched alkanes of at least 4 members (excludes halogenated alkanes) is 1. The molecule has 0 bridgehead atoms. The molecule has 0 fully saturated rings. The van der Waals surface area contributed by atoms with Gasteiger partial charge in [0, 0.05) is 24.0 Å². The van der Waals surface area contributed by atoms with Crippen molar-refractivity contribution in [3.8, 4) is 0 Å². The van der Waals surface area contributed by atoms with E-state index in [1.54, 1.807) is 18.3 Å². The number of nitrogens with zero attached hydrogens (tertiary/aromatic N) is 2. The van der Waals surface area contributed by atoms with Gasteiger partial charge in [-0.1, -0.05) is 18.2 Å². The second kappa shape index (κ2) is 12.6. The van der Waals surface area contributed by atoms with E-state index in [1.807, 2.05) is 37.8 Å². The first-order valence-electron chi connectivity index (χ1n) is 12.3. The highest BCUT2D eigenvalue weighted by Gasteiger charge is 2.71. The average molecular weight is 537 g/mol. The van der Waals surface area contributed by atoms with Gasteiger partial charge in [-0.25, -0.2) is 4.39 Å². The van der Waals surface area contributed by atoms with Crippen LogP contribution >= 0.6 is 0 Å². The van der Waals surface area contributed by atoms with Crippen molar-refractivity contribution < 1.29 is 35.5 Å². The molecule has 0 N–H and O–H groups in total. The number of benzene rings is 1. The van der Waals surface area contributed by atoms with Crippen LogP contribution in [0.2, 0.25) is 0 Å². The second-order valence-electron chi connectivity index (χ2n) is 9.68. The molecule has 0 amide bonds. The normalized spacial score (nSPS) is 13.4. The quantitative estimate of drug-likeness (QED) is 0.193. The number of hydrogen-bond donors (Lipinski definition) is 0. The minimum Gasteiger partial charge on any atom is -0.358 e. The van der Waals surface area contributed by atoms with Gasteiger partial charge >= 0.3 is 12.4 Å². The molecule has 0 unspecified atom stereocenters. The lowest BCUT2D eigenvalue weighted by molar-refractivity contribution is -0.382. The highest BCUT2D eigenvalue weighted by atomic mass is 19.4. The van der Waals surface area contributed by atoms with E-state index in [0.29, 0.717) is 19.4 Å². The van der Waals surface area contributed by atoms with Crippen molar-refractivity contribution in [1.82, 2.24) is 9.88 Å². The summed E-state index contributed by atoms with van der Waals surface area (Å²) >= 11 is 0. The summed E-state index contributed by atoms with van der Waals surface area (Å²) < 4.78 is 99.5. The Morgan fingerprint density at radius 2 is 1.43 bits per heavy atom. The molecule has 1 aromatic heterocycles. The van der Waals surface area contributed by atoms with Gasteiger partial charge in [-0.05, 0) is 102 Å². The largest absolute Gasteiger partial charge is 0.426 e. The topological polar surface area (TPSA) is 25.4 Å². The van der Waals surface area contributed by atoms with Gasteiger partial charge in [0.25, 0.3) is 5.60 Å². The Bertz CT molecular complexity index is 941. The van der Waals surface area contributed by atoms with Gasteiger partial charge in [0.1, 0.15) is 5.82 Å². The average Bonchev–Trinajstić information content (AvgIpc) is 2.79. The second-order valence-corrected chi connectivity index (χ2v) is 9.68. The van der Waals surface area contributed by atoms with E-state index in [1.165, 1.54) is 12.1 Å². The molecule has 0 spiro atoms. The van der Waals surface area contributed by atoms with Crippen LogP contribution < -0.4 is 0 Å². The maximum Gasteiger partial charge on any atom is 0.426 e. The summed E-state index contributed by atoms with van der Waals surface area (Å²) in [5, 5.41) is 0. The van der Waals surface area contributed by atoms with Gasteiger partial charge in [-0.15, -0.1) is 0 Å². The standard InChI is InChI=1S/C27H35F7N2O/c1-5-37-25(26(29,30)31,27(32,33)34)16-8-18-36(24(3,4)22-13-10-20(2)35-19-22)17-7-6-9-21-11-14-23(28)15-12-21/h10-15,19H,5-9,16-18H2,1-4H3. The minimum absolute atomic E-state index is 0.00158. The van der Waals surface area contributed by atoms with E-state index in [-0.39, 0.29) is 18.8 Å². The van der Waals surface area contributed by atoms with Gasteiger partial charge < -0.3 is 4.74 Å². The first kappa shape index (κ1) is 31.0. The summed E-state index contributed by atoms with van der Waals surface area (Å²) in [6.45, 7) is 6.43. The van der Waals surface area contributed by atoms with E-state index in [2.05, 4.69) is 9.72 Å². The van der Waals surface area contributed by atoms with Crippen LogP contribution in [0.15, 0.2) is 42.6 Å². The number of halogens is 7. The summed E-state index contributed by atoms with van der Waals surface area (Å²) in [5.41, 5.74) is -2.35. The number of hydrogen-bond acceptors (Lipinski definition) is 3. The Morgan fingerprint density at radius 1 is 0.838 bits per heavy atom. The molecule has 2 rings (SSSR count). The van der Waals surface area contributed by atoms with Crippen molar-refractivity contribution in [2.45, 2.75) is 83.3 Å². The lowest BCUT2D eigenvalue weighted by atomic mass is 9.91. The summed E-state index contributed by atoms with van der Waals surface area (Å²) in [4.78, 5) is 6.20. The first-order chi connectivity index (χ1) is 17.1. The fraction of sp³-hybridized carbons (Fsp3) is 0.593. The SMILES string of the molecule is CCOC(CCCN(CCCCc1ccc(F)cc1)C(C)(C)c1ccc(C)nc1)(C(F)(F)F)C(F)(F)F. The fourth-order valence-corrected chi connectivity index (χ4v) is 4.41. The molecule has 0 saturated carbocycles. The van der Waals surface area contributed by atoms with E-state index in [0.717, 1.165) is 30.2 Å². The van der Waals surface area contributed by atoms with Crippen LogP contribution in [0.3, 0.4) is 0 Å². The Morgan fingerprint density at radius 3 is 1.95 bits per heavy atom. The van der Waals surface area contributed by atoms with E-state index >= 15 is 0 Å². The van der Waals surface area contributed by atoms with Crippen molar-refractivity contribution >= 4 is 0 Å². The monoisotopic (exact) mass is 536 g/mol. The van der Waals surface area contributed by atoms with E-state index in [4.69, 9.17) is 0 Å². The smallest absolute Gasteiger partial charge is 0.358 e. The van der Waals surface area contributed by atoms with Crippen molar-refractivity contribution in [2.24, 2.45) is 0 Å². The van der Waals surface area contributed by atoms with Crippen molar-refractivity contribution in [2.75, 3.05) is 19.7 Å². The molecule has 0 aliphatic heterocycles. The van der Waals surface area contributed by atoms with E-state index < -0.39 is 36.5 Å². The van der Waals surface area contributed by atoms with Crippen LogP contribution in [0.25, 0.3) is 0 Å². The van der Waals surface area contributed by atoms with Gasteiger partial charge in [-0.2, -0.15) is 26.3 Å². The molecule has 10 heteroatoms. The maximum atomic E-state index is 13.7. The van der Waals surface area contributed by atoms with Crippen molar-refractivity contribution in [3.05, 3.63) is 65.2 Å². The number of pyridine rings is 1. The van der Waals surface area contributed by atoms with Crippen LogP contribution in [0.4, 0.5) is 30.7 Å². The third kappa shape index (κ3) is 7.89. The molecule has 2 aromatic rings. The summed E-state index contributed by atoms with van der Waals surface area (Å²) in [6, 6.07) is 9.82. The Labute approximate surface area is 214 Å². The zero-order chi connectivity index (χ0) is 27.9. The van der Waals surface area contributed by atoms with Gasteiger partial charge in [0.15, 0.2) is 0 Å². The summed E-state index contributed by atoms with van der Waals surface area (Å²) in [6.07, 6.45) is -9.09. The van der Waals surface area contributed by atoms with Crippen molar-refractivity contribution in [3.63, 3.8) is 0 Å². The molecule has 0 atom stereocenters. The molecule has 0 radical (unpaired) electrons. The Balaban J connectivity index is 2.19. The minimum atomic E-state index is -5.60. The predicted molar refractivity (Wildman–Crippen MR) is 129 cm³/mol. The highest BCUT2D eigenvalue weighted by Crippen LogP contribution is 2.49. The lowest BCUT2D eigenvalue weighted by Crippen LogP contribution is -2.59. The van der Waals surface area contributed by atoms with Crippen LogP contribution in [0, 0.1) is 12.7 Å². The molecule has 3 nitrogen and oxygen atoms in total. The van der Waals surface area contributed by atoms with Gasteiger partial charge in [0.2, 0.25) is 0 Å². The number of rotatable bonds is 13. The van der Waals surface area contributed by atoms with Crippen molar-refractivity contribution in [1.29, 1.82) is 0 Å². The molecule has 1 heterocycles. The predicted octanol–water partition coefficient (Wildman–Crippen LogP) is 7.77. The zero-order valence-corrected chi connectivity index (χ0v) is 21.6. The van der Waals surface area contributed by atoms with Crippen LogP contribution in [-0.4, -0.2) is 47.5 Å². The molecule has 0 aliphatic rings. The molecular formula is C27H35F7N2O. The van der Waals surface area contributed by atoms with Crippen LogP contribution in [0.5, 0.6) is 0 Å². The molecule has 0 aliphatic carbocycles. The number of ether oxygens (including phenoxy) is 1. The third-order valence-electron chi connectivity index (χ3n) is 6.73. The number of alkyl halides is 6. The number of aryl methyl sites for hydroxylation is 2. The molecule has 1 aromatic carbocycles. The van der Waals surface area contributed by atoms with Gasteiger partial charge in [0.05, 0.1) is 0 Å². The highest BCUT2D eigenvalue weighted by molar-refractivity contribution is 5.21. The molecule has 37 heavy (non-hydrogen) atoms. The van der Waals surface area contributed by atoms with Gasteiger partial charge in [-0.3, -0.25) is 9.88 Å². The van der Waals surface area contributed by atoms with Crippen LogP contribution in [0.1, 0.15) is 63.3 Å². The Hall–Kier alpha value is -2.20. The fourth-order valence-electron chi connectivity index (χ4n) is 4.41. The molecule has 208 valence electrons. The maximum absolute atomic E-state index is 13.7. The zero-order valence-electron chi connectivity index (χ0n) is 21.6. The third-order valence-corrected chi connectivity index (χ3v) is 6.73. The molecular weight excluding hydrogens is 501 g/mol. The van der Waals surface area contributed by atoms with Crippen LogP contribution in [-0.2, 0) is 16.7 Å². The lowest BCUT2D eigenvalue weighted by Gasteiger charge is -2.41. The summed E-state index contributed by atoms with van der Waals surface area (Å²) in [5.74, 6) is -0.329. The molecule has 0 saturated heterocycles. The Kier molecular flexibility index (Phi) is 10.5. The summed E-state index contributed by atoms with van der Waals surface area (Å²) in [7, 11) is 0. The van der Waals surface area contributed by atoms with E-state index in [9.17, 15) is 30.7 Å². The first-order valence-corrected chi connectivity index (χ1v) is 12.3. The number of aromatic nitrogens is 1.